The summed E-state index contributed by atoms with van der Waals surface area (Å²) in [6.45, 7) is 6.06. The van der Waals surface area contributed by atoms with E-state index in [-0.39, 0.29) is 17.7 Å². The van der Waals surface area contributed by atoms with Gasteiger partial charge in [-0.2, -0.15) is 0 Å². The Morgan fingerprint density at radius 2 is 2.05 bits per heavy atom. The smallest absolute Gasteiger partial charge is 0.249 e. The number of carbonyl (C=O) groups is 2. The molecule has 1 saturated heterocycles. The molecule has 1 N–H and O–H groups in total. The monoisotopic (exact) mass is 278 g/mol. The highest BCUT2D eigenvalue weighted by molar-refractivity contribution is 5.93. The summed E-state index contributed by atoms with van der Waals surface area (Å²) in [6, 6.07) is 0. The second kappa shape index (κ2) is 6.91. The van der Waals surface area contributed by atoms with Gasteiger partial charge in [-0.1, -0.05) is 13.0 Å². The average molecular weight is 278 g/mol. The Bertz CT molecular complexity index is 399. The van der Waals surface area contributed by atoms with Crippen LogP contribution in [0.5, 0.6) is 0 Å². The van der Waals surface area contributed by atoms with Gasteiger partial charge in [0.15, 0.2) is 0 Å². The van der Waals surface area contributed by atoms with Crippen molar-refractivity contribution in [1.29, 1.82) is 0 Å². The molecular weight excluding hydrogens is 252 g/mol. The molecule has 0 bridgehead atoms. The third kappa shape index (κ3) is 4.09. The summed E-state index contributed by atoms with van der Waals surface area (Å²) in [5.74, 6) is 0.897. The van der Waals surface area contributed by atoms with Crippen molar-refractivity contribution in [3.8, 4) is 0 Å². The van der Waals surface area contributed by atoms with Crippen molar-refractivity contribution in [2.24, 2.45) is 11.8 Å². The Morgan fingerprint density at radius 3 is 2.70 bits per heavy atom. The van der Waals surface area contributed by atoms with Crippen molar-refractivity contribution in [2.75, 3.05) is 19.6 Å². The molecule has 1 saturated carbocycles. The minimum atomic E-state index is -0.0270. The molecule has 1 aliphatic heterocycles. The maximum absolute atomic E-state index is 12.3. The Morgan fingerprint density at radius 1 is 1.30 bits per heavy atom. The van der Waals surface area contributed by atoms with E-state index < -0.39 is 0 Å². The molecule has 0 spiro atoms. The molecule has 2 aliphatic rings. The van der Waals surface area contributed by atoms with E-state index in [1.165, 1.54) is 12.8 Å². The molecule has 1 heterocycles. The number of hydrogen-bond donors (Lipinski definition) is 1. The Hall–Kier alpha value is -1.32. The maximum Gasteiger partial charge on any atom is 0.249 e. The van der Waals surface area contributed by atoms with Gasteiger partial charge in [-0.3, -0.25) is 9.59 Å². The molecule has 0 aromatic carbocycles. The first-order valence-electron chi connectivity index (χ1n) is 7.85. The van der Waals surface area contributed by atoms with E-state index in [9.17, 15) is 9.59 Å². The van der Waals surface area contributed by atoms with Crippen LogP contribution in [0.2, 0.25) is 0 Å². The van der Waals surface area contributed by atoms with Crippen molar-refractivity contribution >= 4 is 11.8 Å². The van der Waals surface area contributed by atoms with Gasteiger partial charge in [-0.15, -0.1) is 0 Å². The predicted octanol–water partition coefficient (Wildman–Crippen LogP) is 2.11. The van der Waals surface area contributed by atoms with E-state index >= 15 is 0 Å². The molecule has 1 atom stereocenters. The van der Waals surface area contributed by atoms with Crippen LogP contribution in [0.4, 0.5) is 0 Å². The van der Waals surface area contributed by atoms with Crippen LogP contribution in [-0.2, 0) is 9.59 Å². The summed E-state index contributed by atoms with van der Waals surface area (Å²) in [5.41, 5.74) is 0.798. The van der Waals surface area contributed by atoms with Crippen LogP contribution < -0.4 is 5.32 Å². The summed E-state index contributed by atoms with van der Waals surface area (Å²) >= 11 is 0. The van der Waals surface area contributed by atoms with Gasteiger partial charge in [-0.05, 0) is 44.9 Å². The molecule has 2 fully saturated rings. The quantitative estimate of drug-likeness (QED) is 0.783. The van der Waals surface area contributed by atoms with Gasteiger partial charge in [-0.25, -0.2) is 0 Å². The molecule has 20 heavy (non-hydrogen) atoms. The van der Waals surface area contributed by atoms with Gasteiger partial charge in [0, 0.05) is 25.2 Å². The number of nitrogens with zero attached hydrogens (tertiary/aromatic N) is 1. The Labute approximate surface area is 121 Å². The highest BCUT2D eigenvalue weighted by Gasteiger charge is 2.30. The summed E-state index contributed by atoms with van der Waals surface area (Å²) in [7, 11) is 0. The fourth-order valence-corrected chi connectivity index (χ4v) is 2.73. The second-order valence-electron chi connectivity index (χ2n) is 6.07. The Kier molecular flexibility index (Phi) is 5.21. The van der Waals surface area contributed by atoms with Crippen molar-refractivity contribution in [3.63, 3.8) is 0 Å². The van der Waals surface area contributed by atoms with Crippen LogP contribution in [0.3, 0.4) is 0 Å². The lowest BCUT2D eigenvalue weighted by molar-refractivity contribution is -0.132. The highest BCUT2D eigenvalue weighted by atomic mass is 16.2. The van der Waals surface area contributed by atoms with Crippen LogP contribution in [0, 0.1) is 11.8 Å². The zero-order valence-corrected chi connectivity index (χ0v) is 12.7. The fraction of sp³-hybridized carbons (Fsp3) is 0.750. The molecule has 0 radical (unpaired) electrons. The molecule has 4 nitrogen and oxygen atoms in total. The number of hydrogen-bond acceptors (Lipinski definition) is 2. The molecule has 2 rings (SSSR count). The van der Waals surface area contributed by atoms with E-state index in [4.69, 9.17) is 0 Å². The van der Waals surface area contributed by atoms with E-state index in [1.54, 1.807) is 0 Å². The van der Waals surface area contributed by atoms with Crippen LogP contribution in [0.1, 0.15) is 46.0 Å². The zero-order chi connectivity index (χ0) is 14.5. The maximum atomic E-state index is 12.3. The third-order valence-corrected chi connectivity index (χ3v) is 4.19. The van der Waals surface area contributed by atoms with Crippen LogP contribution in [-0.4, -0.2) is 36.3 Å². The van der Waals surface area contributed by atoms with Gasteiger partial charge >= 0.3 is 0 Å². The normalized spacial score (nSPS) is 23.6. The molecular formula is C16H26N2O2. The topological polar surface area (TPSA) is 49.4 Å². The lowest BCUT2D eigenvalue weighted by Crippen LogP contribution is -2.46. The number of amides is 2. The molecule has 4 heteroatoms. The molecule has 0 aromatic heterocycles. The summed E-state index contributed by atoms with van der Waals surface area (Å²) in [4.78, 5) is 26.2. The number of nitrogens with one attached hydrogen (secondary N) is 1. The second-order valence-corrected chi connectivity index (χ2v) is 6.07. The van der Waals surface area contributed by atoms with E-state index in [1.807, 2.05) is 24.8 Å². The van der Waals surface area contributed by atoms with E-state index in [0.717, 1.165) is 37.9 Å². The van der Waals surface area contributed by atoms with Gasteiger partial charge in [0.25, 0.3) is 0 Å². The number of carbonyl (C=O) groups excluding carboxylic acids is 2. The van der Waals surface area contributed by atoms with Crippen LogP contribution in [0.15, 0.2) is 11.6 Å². The SMILES string of the molecule is CC/C=C(\C)C(=O)N1CCC[C@@H](C(=O)NCC2CC2)C1. The van der Waals surface area contributed by atoms with E-state index in [2.05, 4.69) is 5.32 Å². The van der Waals surface area contributed by atoms with Crippen molar-refractivity contribution in [1.82, 2.24) is 10.2 Å². The third-order valence-electron chi connectivity index (χ3n) is 4.19. The predicted molar refractivity (Wildman–Crippen MR) is 79.1 cm³/mol. The summed E-state index contributed by atoms with van der Waals surface area (Å²) < 4.78 is 0. The lowest BCUT2D eigenvalue weighted by atomic mass is 9.96. The van der Waals surface area contributed by atoms with E-state index in [0.29, 0.717) is 12.5 Å². The standard InChI is InChI=1S/C16H26N2O2/c1-3-5-12(2)16(20)18-9-4-6-14(11-18)15(19)17-10-13-7-8-13/h5,13-14H,3-4,6-11H2,1-2H3,(H,17,19)/b12-5+/t14-/m1/s1. The fourth-order valence-electron chi connectivity index (χ4n) is 2.73. The first-order valence-corrected chi connectivity index (χ1v) is 7.85. The number of piperidine rings is 1. The number of rotatable bonds is 5. The minimum absolute atomic E-state index is 0.0270. The zero-order valence-electron chi connectivity index (χ0n) is 12.7. The molecule has 1 aliphatic carbocycles. The van der Waals surface area contributed by atoms with Crippen LogP contribution >= 0.6 is 0 Å². The van der Waals surface area contributed by atoms with Crippen molar-refractivity contribution in [3.05, 3.63) is 11.6 Å². The Balaban J connectivity index is 1.85. The lowest BCUT2D eigenvalue weighted by Gasteiger charge is -2.32. The molecule has 0 aromatic rings. The summed E-state index contributed by atoms with van der Waals surface area (Å²) in [6.07, 6.45) is 7.15. The first-order chi connectivity index (χ1) is 9.61. The number of allylic oxidation sites excluding steroid dienone is 1. The highest BCUT2D eigenvalue weighted by Crippen LogP contribution is 2.28. The first kappa shape index (κ1) is 15.1. The average Bonchev–Trinajstić information content (AvgIpc) is 3.28. The number of likely N-dealkylation sites (tertiary alicyclic amines) is 1. The van der Waals surface area contributed by atoms with Crippen LogP contribution in [0.25, 0.3) is 0 Å². The van der Waals surface area contributed by atoms with Crippen molar-refractivity contribution < 1.29 is 9.59 Å². The van der Waals surface area contributed by atoms with Gasteiger partial charge in [0.05, 0.1) is 5.92 Å². The molecule has 2 amide bonds. The van der Waals surface area contributed by atoms with Gasteiger partial charge < -0.3 is 10.2 Å². The molecule has 0 unspecified atom stereocenters. The summed E-state index contributed by atoms with van der Waals surface area (Å²) in [5, 5.41) is 3.04. The molecule has 112 valence electrons. The van der Waals surface area contributed by atoms with Gasteiger partial charge in [0.1, 0.15) is 0 Å². The largest absolute Gasteiger partial charge is 0.356 e. The minimum Gasteiger partial charge on any atom is -0.356 e. The van der Waals surface area contributed by atoms with Crippen molar-refractivity contribution in [2.45, 2.75) is 46.0 Å². The van der Waals surface area contributed by atoms with Gasteiger partial charge in [0.2, 0.25) is 11.8 Å².